The van der Waals surface area contributed by atoms with Crippen molar-refractivity contribution in [1.82, 2.24) is 15.5 Å². The van der Waals surface area contributed by atoms with Crippen LogP contribution in [0.4, 0.5) is 4.79 Å². The monoisotopic (exact) mass is 527 g/mol. The number of nitrogens with one attached hydrogen (secondary N) is 2. The Morgan fingerprint density at radius 3 is 2.11 bits per heavy atom. The minimum Gasteiger partial charge on any atom is -0.444 e. The van der Waals surface area contributed by atoms with Gasteiger partial charge in [-0.25, -0.2) is 4.79 Å². The van der Waals surface area contributed by atoms with Gasteiger partial charge in [-0.3, -0.25) is 9.59 Å². The number of nitrogens with zero attached hydrogens (tertiary/aromatic N) is 1. The molecule has 0 aliphatic rings. The number of alkyl carbamates (subject to hydrolysis) is 1. The Morgan fingerprint density at radius 2 is 1.59 bits per heavy atom. The zero-order chi connectivity index (χ0) is 27.6. The smallest absolute Gasteiger partial charge is 0.408 e. The molecule has 37 heavy (non-hydrogen) atoms. The second kappa shape index (κ2) is 14.1. The average molecular weight is 528 g/mol. The van der Waals surface area contributed by atoms with Gasteiger partial charge in [0.05, 0.1) is 0 Å². The third kappa shape index (κ3) is 9.11. The fourth-order valence-corrected chi connectivity index (χ4v) is 4.11. The van der Waals surface area contributed by atoms with Crippen LogP contribution < -0.4 is 10.6 Å². The molecule has 2 rings (SSSR count). The van der Waals surface area contributed by atoms with E-state index in [1.807, 2.05) is 68.4 Å². The third-order valence-electron chi connectivity index (χ3n) is 6.03. The molecule has 0 aliphatic heterocycles. The Balaban J connectivity index is 2.43. The van der Waals surface area contributed by atoms with Gasteiger partial charge in [-0.05, 0) is 57.2 Å². The number of thiol groups is 1. The van der Waals surface area contributed by atoms with Gasteiger partial charge in [0.1, 0.15) is 17.7 Å². The fourth-order valence-electron chi connectivity index (χ4n) is 3.87. The molecule has 2 N–H and O–H groups in total. The number of rotatable bonds is 11. The molecule has 0 spiro atoms. The van der Waals surface area contributed by atoms with Gasteiger partial charge in [0.15, 0.2) is 0 Å². The summed E-state index contributed by atoms with van der Waals surface area (Å²) in [4.78, 5) is 41.7. The van der Waals surface area contributed by atoms with Crippen LogP contribution in [0, 0.1) is 0 Å². The van der Waals surface area contributed by atoms with E-state index in [1.54, 1.807) is 25.7 Å². The van der Waals surface area contributed by atoms with Gasteiger partial charge < -0.3 is 20.3 Å². The zero-order valence-electron chi connectivity index (χ0n) is 22.8. The molecule has 0 radical (unpaired) electrons. The minimum atomic E-state index is -0.966. The lowest BCUT2D eigenvalue weighted by atomic mass is 9.98. The Bertz CT molecular complexity index is 1020. The number of carbonyl (C=O) groups is 3. The van der Waals surface area contributed by atoms with Crippen LogP contribution in [0.25, 0.3) is 0 Å². The van der Waals surface area contributed by atoms with Crippen molar-refractivity contribution in [1.29, 1.82) is 0 Å². The first kappa shape index (κ1) is 30.2. The summed E-state index contributed by atoms with van der Waals surface area (Å²) < 4.78 is 5.36. The molecule has 3 amide bonds. The summed E-state index contributed by atoms with van der Waals surface area (Å²) in [5.74, 6) is -0.635. The number of ether oxygens (including phenoxy) is 1. The van der Waals surface area contributed by atoms with Crippen LogP contribution in [-0.2, 0) is 27.3 Å². The first-order chi connectivity index (χ1) is 17.5. The molecule has 3 atom stereocenters. The van der Waals surface area contributed by atoms with E-state index in [1.165, 1.54) is 0 Å². The number of carbonyl (C=O) groups excluding carboxylic acids is 3. The van der Waals surface area contributed by atoms with Crippen molar-refractivity contribution in [3.63, 3.8) is 0 Å². The first-order valence-electron chi connectivity index (χ1n) is 12.8. The summed E-state index contributed by atoms with van der Waals surface area (Å²) in [5, 5.41) is 5.65. The molecule has 7 nitrogen and oxygen atoms in total. The van der Waals surface area contributed by atoms with Crippen molar-refractivity contribution in [3.8, 4) is 0 Å². The molecule has 0 aliphatic carbocycles. The number of aryl methyl sites for hydroxylation is 1. The van der Waals surface area contributed by atoms with Crippen LogP contribution in [0.5, 0.6) is 0 Å². The molecule has 202 valence electrons. The molecule has 0 saturated carbocycles. The highest BCUT2D eigenvalue weighted by molar-refractivity contribution is 7.80. The summed E-state index contributed by atoms with van der Waals surface area (Å²) in [7, 11) is 0. The highest BCUT2D eigenvalue weighted by Gasteiger charge is 2.38. The van der Waals surface area contributed by atoms with Crippen LogP contribution in [0.2, 0.25) is 0 Å². The summed E-state index contributed by atoms with van der Waals surface area (Å²) in [5.41, 5.74) is 2.07. The van der Waals surface area contributed by atoms with Gasteiger partial charge in [-0.2, -0.15) is 12.6 Å². The largest absolute Gasteiger partial charge is 0.444 e. The second-order valence-corrected chi connectivity index (χ2v) is 10.5. The molecular formula is C29H41N3O4S. The Morgan fingerprint density at radius 1 is 0.973 bits per heavy atom. The van der Waals surface area contributed by atoms with Crippen molar-refractivity contribution in [2.24, 2.45) is 0 Å². The molecule has 0 bridgehead atoms. The van der Waals surface area contributed by atoms with Crippen LogP contribution in [0.1, 0.15) is 70.7 Å². The van der Waals surface area contributed by atoms with Crippen LogP contribution in [0.3, 0.4) is 0 Å². The maximum atomic E-state index is 13.9. The second-order valence-electron chi connectivity index (χ2n) is 10.1. The molecular weight excluding hydrogens is 486 g/mol. The van der Waals surface area contributed by atoms with E-state index in [0.717, 1.165) is 17.5 Å². The van der Waals surface area contributed by atoms with E-state index in [4.69, 9.17) is 4.74 Å². The zero-order valence-corrected chi connectivity index (χ0v) is 23.7. The van der Waals surface area contributed by atoms with Gasteiger partial charge in [-0.1, -0.05) is 68.4 Å². The number of amides is 3. The fraction of sp³-hybridized carbons (Fsp3) is 0.483. The topological polar surface area (TPSA) is 87.7 Å². The molecule has 0 heterocycles. The normalized spacial score (nSPS) is 13.7. The van der Waals surface area contributed by atoms with Crippen LogP contribution in [-0.4, -0.2) is 46.2 Å². The molecule has 0 aromatic heterocycles. The summed E-state index contributed by atoms with van der Waals surface area (Å²) in [6, 6.07) is 15.2. The number of benzene rings is 2. The Hall–Kier alpha value is -3.00. The summed E-state index contributed by atoms with van der Waals surface area (Å²) in [6.07, 6.45) is 0.773. The van der Waals surface area contributed by atoms with Crippen LogP contribution >= 0.6 is 12.6 Å². The van der Waals surface area contributed by atoms with Crippen LogP contribution in [0.15, 0.2) is 54.6 Å². The van der Waals surface area contributed by atoms with E-state index in [2.05, 4.69) is 30.2 Å². The minimum absolute atomic E-state index is 0.0537. The SMILES string of the molecule is CCc1ccc(C(C(=O)NCc2ccccc2)N(C(=O)C(CS)NC(=O)OC(C)(C)C)C(C)CC)cc1. The summed E-state index contributed by atoms with van der Waals surface area (Å²) in [6.45, 7) is 11.5. The lowest BCUT2D eigenvalue weighted by molar-refractivity contribution is -0.144. The van der Waals surface area contributed by atoms with E-state index in [9.17, 15) is 14.4 Å². The predicted molar refractivity (Wildman–Crippen MR) is 150 cm³/mol. The lowest BCUT2D eigenvalue weighted by Gasteiger charge is -2.38. The molecule has 8 heteroatoms. The van der Waals surface area contributed by atoms with Crippen molar-refractivity contribution < 1.29 is 19.1 Å². The average Bonchev–Trinajstić information content (AvgIpc) is 2.87. The Kier molecular flexibility index (Phi) is 11.5. The van der Waals surface area contributed by atoms with Gasteiger partial charge >= 0.3 is 6.09 Å². The first-order valence-corrected chi connectivity index (χ1v) is 13.5. The lowest BCUT2D eigenvalue weighted by Crippen LogP contribution is -2.56. The maximum absolute atomic E-state index is 13.9. The standard InChI is InChI=1S/C29H41N3O4S/c1-7-20(3)32(27(34)24(19-37)31-28(35)36-29(4,5)6)25(23-16-14-21(8-2)15-17-23)26(33)30-18-22-12-10-9-11-13-22/h9-17,20,24-25,37H,7-8,18-19H2,1-6H3,(H,30,33)(H,31,35). The van der Waals surface area contributed by atoms with Gasteiger partial charge in [-0.15, -0.1) is 0 Å². The summed E-state index contributed by atoms with van der Waals surface area (Å²) >= 11 is 4.34. The third-order valence-corrected chi connectivity index (χ3v) is 6.40. The van der Waals surface area contributed by atoms with Crippen molar-refractivity contribution >= 4 is 30.5 Å². The highest BCUT2D eigenvalue weighted by Crippen LogP contribution is 2.27. The van der Waals surface area contributed by atoms with E-state index in [0.29, 0.717) is 18.5 Å². The molecule has 3 unspecified atom stereocenters. The van der Waals surface area contributed by atoms with Crippen molar-refractivity contribution in [3.05, 3.63) is 71.3 Å². The van der Waals surface area contributed by atoms with Gasteiger partial charge in [0.2, 0.25) is 11.8 Å². The maximum Gasteiger partial charge on any atom is 0.408 e. The molecule has 0 saturated heterocycles. The number of hydrogen-bond acceptors (Lipinski definition) is 5. The molecule has 2 aromatic carbocycles. The van der Waals surface area contributed by atoms with Gasteiger partial charge in [0, 0.05) is 18.3 Å². The molecule has 0 fully saturated rings. The van der Waals surface area contributed by atoms with Crippen molar-refractivity contribution in [2.75, 3.05) is 5.75 Å². The highest BCUT2D eigenvalue weighted by atomic mass is 32.1. The quantitative estimate of drug-likeness (QED) is 0.357. The molecule has 2 aromatic rings. The predicted octanol–water partition coefficient (Wildman–Crippen LogP) is 5.06. The van der Waals surface area contributed by atoms with Crippen molar-refractivity contribution in [2.45, 2.75) is 84.7 Å². The van der Waals surface area contributed by atoms with Gasteiger partial charge in [0.25, 0.3) is 0 Å². The Labute approximate surface area is 226 Å². The van der Waals surface area contributed by atoms with E-state index >= 15 is 0 Å². The van der Waals surface area contributed by atoms with E-state index in [-0.39, 0.29) is 17.7 Å². The van der Waals surface area contributed by atoms with E-state index < -0.39 is 29.7 Å². The number of hydrogen-bond donors (Lipinski definition) is 3.